The molecule has 0 aliphatic rings. The van der Waals surface area contributed by atoms with Crippen LogP contribution in [0.15, 0.2) is 30.6 Å². The zero-order chi connectivity index (χ0) is 13.0. The largest absolute Gasteiger partial charge is 0.453 e. The zero-order valence-corrected chi connectivity index (χ0v) is 9.97. The summed E-state index contributed by atoms with van der Waals surface area (Å²) >= 11 is 0. The normalized spacial score (nSPS) is 10.3. The first-order valence-electron chi connectivity index (χ1n) is 5.68. The molecule has 0 aliphatic carbocycles. The van der Waals surface area contributed by atoms with Gasteiger partial charge in [0, 0.05) is 6.54 Å². The van der Waals surface area contributed by atoms with E-state index in [0.29, 0.717) is 17.8 Å². The molecule has 1 aromatic heterocycles. The van der Waals surface area contributed by atoms with Crippen molar-refractivity contribution in [2.24, 2.45) is 0 Å². The molecule has 0 saturated heterocycles. The number of aryl methyl sites for hydroxylation is 1. The average molecular weight is 248 g/mol. The minimum atomic E-state index is -0.467. The summed E-state index contributed by atoms with van der Waals surface area (Å²) < 4.78 is 20.2. The van der Waals surface area contributed by atoms with Crippen LogP contribution in [0.1, 0.15) is 23.7 Å². The molecule has 0 bridgehead atoms. The number of aldehydes is 1. The van der Waals surface area contributed by atoms with E-state index in [4.69, 9.17) is 4.74 Å². The monoisotopic (exact) mass is 248 g/mol. The maximum Gasteiger partial charge on any atom is 0.165 e. The summed E-state index contributed by atoms with van der Waals surface area (Å²) in [7, 11) is 0. The quantitative estimate of drug-likeness (QED) is 0.764. The highest BCUT2D eigenvalue weighted by atomic mass is 19.1. The molecule has 0 saturated carbocycles. The molecular weight excluding hydrogens is 235 g/mol. The molecule has 4 nitrogen and oxygen atoms in total. The highest BCUT2D eigenvalue weighted by Gasteiger charge is 2.07. The smallest absolute Gasteiger partial charge is 0.165 e. The van der Waals surface area contributed by atoms with E-state index >= 15 is 0 Å². The molecule has 0 amide bonds. The Morgan fingerprint density at radius 1 is 1.50 bits per heavy atom. The van der Waals surface area contributed by atoms with Crippen LogP contribution in [-0.4, -0.2) is 16.1 Å². The predicted octanol–water partition coefficient (Wildman–Crippen LogP) is 3.04. The van der Waals surface area contributed by atoms with E-state index in [1.807, 2.05) is 6.92 Å². The number of halogens is 1. The van der Waals surface area contributed by atoms with Gasteiger partial charge in [0.1, 0.15) is 11.6 Å². The first kappa shape index (κ1) is 12.3. The first-order chi connectivity index (χ1) is 8.72. The van der Waals surface area contributed by atoms with Crippen LogP contribution < -0.4 is 4.74 Å². The molecule has 0 N–H and O–H groups in total. The highest BCUT2D eigenvalue weighted by Crippen LogP contribution is 2.24. The predicted molar refractivity (Wildman–Crippen MR) is 64.4 cm³/mol. The number of hydrogen-bond acceptors (Lipinski definition) is 3. The van der Waals surface area contributed by atoms with Crippen molar-refractivity contribution in [2.45, 2.75) is 19.9 Å². The van der Waals surface area contributed by atoms with E-state index in [0.717, 1.165) is 19.0 Å². The Labute approximate surface area is 104 Å². The lowest BCUT2D eigenvalue weighted by Gasteiger charge is -2.05. The van der Waals surface area contributed by atoms with Gasteiger partial charge in [-0.2, -0.15) is 5.10 Å². The van der Waals surface area contributed by atoms with Crippen LogP contribution in [0.3, 0.4) is 0 Å². The van der Waals surface area contributed by atoms with Crippen molar-refractivity contribution in [2.75, 3.05) is 0 Å². The fourth-order valence-corrected chi connectivity index (χ4v) is 1.58. The minimum Gasteiger partial charge on any atom is -0.453 e. The Morgan fingerprint density at radius 2 is 2.33 bits per heavy atom. The van der Waals surface area contributed by atoms with E-state index in [1.165, 1.54) is 12.1 Å². The molecule has 1 heterocycles. The lowest BCUT2D eigenvalue weighted by Crippen LogP contribution is -1.95. The van der Waals surface area contributed by atoms with Crippen molar-refractivity contribution >= 4 is 6.29 Å². The van der Waals surface area contributed by atoms with E-state index in [-0.39, 0.29) is 5.56 Å². The molecule has 0 fully saturated rings. The summed E-state index contributed by atoms with van der Waals surface area (Å²) in [5, 5.41) is 4.10. The van der Waals surface area contributed by atoms with Gasteiger partial charge in [0.2, 0.25) is 0 Å². The summed E-state index contributed by atoms with van der Waals surface area (Å²) in [6, 6.07) is 3.81. The van der Waals surface area contributed by atoms with Crippen molar-refractivity contribution in [3.63, 3.8) is 0 Å². The van der Waals surface area contributed by atoms with Crippen molar-refractivity contribution in [1.29, 1.82) is 0 Å². The van der Waals surface area contributed by atoms with Crippen LogP contribution in [0, 0.1) is 5.82 Å². The Kier molecular flexibility index (Phi) is 3.72. The molecule has 2 rings (SSSR count). The summed E-state index contributed by atoms with van der Waals surface area (Å²) in [5.41, 5.74) is 0.179. The lowest BCUT2D eigenvalue weighted by atomic mass is 10.2. The molecule has 18 heavy (non-hydrogen) atoms. The van der Waals surface area contributed by atoms with Crippen molar-refractivity contribution < 1.29 is 13.9 Å². The summed E-state index contributed by atoms with van der Waals surface area (Å²) in [6.45, 7) is 2.85. The second-order valence-electron chi connectivity index (χ2n) is 3.84. The molecule has 94 valence electrons. The average Bonchev–Trinajstić information content (AvgIpc) is 2.79. The van der Waals surface area contributed by atoms with Gasteiger partial charge in [-0.1, -0.05) is 6.92 Å². The van der Waals surface area contributed by atoms with Crippen LogP contribution in [0.5, 0.6) is 11.5 Å². The molecule has 0 aliphatic heterocycles. The van der Waals surface area contributed by atoms with Gasteiger partial charge in [-0.15, -0.1) is 0 Å². The molecular formula is C13H13FN2O2. The zero-order valence-electron chi connectivity index (χ0n) is 9.97. The number of hydrogen-bond donors (Lipinski definition) is 0. The first-order valence-corrected chi connectivity index (χ1v) is 5.68. The maximum atomic E-state index is 12.9. The van der Waals surface area contributed by atoms with E-state index in [2.05, 4.69) is 5.10 Å². The van der Waals surface area contributed by atoms with Gasteiger partial charge < -0.3 is 4.74 Å². The van der Waals surface area contributed by atoms with Gasteiger partial charge >= 0.3 is 0 Å². The Morgan fingerprint density at radius 3 is 3.06 bits per heavy atom. The second-order valence-corrected chi connectivity index (χ2v) is 3.84. The van der Waals surface area contributed by atoms with Gasteiger partial charge in [0.15, 0.2) is 12.0 Å². The fourth-order valence-electron chi connectivity index (χ4n) is 1.58. The number of carbonyl (C=O) groups excluding carboxylic acids is 1. The van der Waals surface area contributed by atoms with Gasteiger partial charge in [0.25, 0.3) is 0 Å². The molecule has 0 radical (unpaired) electrons. The lowest BCUT2D eigenvalue weighted by molar-refractivity contribution is 0.112. The standard InChI is InChI=1S/C13H13FN2O2/c1-2-5-16-8-12(7-15-16)18-13-4-3-11(14)6-10(13)9-17/h3-4,6-9H,2,5H2,1H3. The topological polar surface area (TPSA) is 44.1 Å². The third-order valence-electron chi connectivity index (χ3n) is 2.39. The van der Waals surface area contributed by atoms with Crippen molar-refractivity contribution in [3.05, 3.63) is 42.0 Å². The van der Waals surface area contributed by atoms with Gasteiger partial charge in [-0.3, -0.25) is 9.48 Å². The number of aromatic nitrogens is 2. The number of nitrogens with zero attached hydrogens (tertiary/aromatic N) is 2. The van der Waals surface area contributed by atoms with Crippen molar-refractivity contribution in [3.8, 4) is 11.5 Å². The molecule has 5 heteroatoms. The van der Waals surface area contributed by atoms with Crippen LogP contribution in [0.2, 0.25) is 0 Å². The maximum absolute atomic E-state index is 12.9. The number of benzene rings is 1. The number of carbonyl (C=O) groups is 1. The van der Waals surface area contributed by atoms with E-state index in [9.17, 15) is 9.18 Å². The van der Waals surface area contributed by atoms with E-state index in [1.54, 1.807) is 17.1 Å². The van der Waals surface area contributed by atoms with Crippen LogP contribution >= 0.6 is 0 Å². The molecule has 0 unspecified atom stereocenters. The Hall–Kier alpha value is -2.17. The van der Waals surface area contributed by atoms with Gasteiger partial charge in [-0.05, 0) is 24.6 Å². The second kappa shape index (κ2) is 5.44. The number of rotatable bonds is 5. The Balaban J connectivity index is 2.19. The molecule has 0 spiro atoms. The SMILES string of the molecule is CCCn1cc(Oc2ccc(F)cc2C=O)cn1. The number of ether oxygens (including phenoxy) is 1. The molecule has 1 aromatic carbocycles. The summed E-state index contributed by atoms with van der Waals surface area (Å²) in [6.07, 6.45) is 4.83. The summed E-state index contributed by atoms with van der Waals surface area (Å²) in [4.78, 5) is 10.8. The molecule has 0 atom stereocenters. The van der Waals surface area contributed by atoms with Crippen LogP contribution in [0.4, 0.5) is 4.39 Å². The Bertz CT molecular complexity index is 552. The molecule has 2 aromatic rings. The van der Waals surface area contributed by atoms with Gasteiger partial charge in [0.05, 0.1) is 18.0 Å². The third-order valence-corrected chi connectivity index (χ3v) is 2.39. The highest BCUT2D eigenvalue weighted by molar-refractivity contribution is 5.79. The summed E-state index contributed by atoms with van der Waals surface area (Å²) in [5.74, 6) is 0.381. The van der Waals surface area contributed by atoms with Gasteiger partial charge in [-0.25, -0.2) is 4.39 Å². The van der Waals surface area contributed by atoms with Crippen LogP contribution in [0.25, 0.3) is 0 Å². The van der Waals surface area contributed by atoms with Crippen LogP contribution in [-0.2, 0) is 6.54 Å². The fraction of sp³-hybridized carbons (Fsp3) is 0.231. The third kappa shape index (κ3) is 2.74. The minimum absolute atomic E-state index is 0.179. The van der Waals surface area contributed by atoms with E-state index < -0.39 is 5.82 Å². The van der Waals surface area contributed by atoms with Crippen molar-refractivity contribution in [1.82, 2.24) is 9.78 Å².